The molecule has 3 aromatic rings. The summed E-state index contributed by atoms with van der Waals surface area (Å²) in [5, 5.41) is 3.48. The van der Waals surface area contributed by atoms with Gasteiger partial charge in [-0.05, 0) is 36.4 Å². The van der Waals surface area contributed by atoms with E-state index in [1.54, 1.807) is 11.2 Å². The van der Waals surface area contributed by atoms with Crippen molar-refractivity contribution in [3.8, 4) is 0 Å². The van der Waals surface area contributed by atoms with E-state index in [-0.39, 0.29) is 12.1 Å². The van der Waals surface area contributed by atoms with Gasteiger partial charge in [-0.15, -0.1) is 0 Å². The normalized spacial score (nSPS) is 17.0. The average molecular weight is 307 g/mol. The first-order valence-electron chi connectivity index (χ1n) is 7.54. The number of aryl methyl sites for hydroxylation is 1. The van der Waals surface area contributed by atoms with Gasteiger partial charge in [-0.25, -0.2) is 0 Å². The van der Waals surface area contributed by atoms with Gasteiger partial charge < -0.3 is 19.2 Å². The van der Waals surface area contributed by atoms with E-state index in [4.69, 9.17) is 4.42 Å². The molecule has 5 nitrogen and oxygen atoms in total. The molecule has 1 aromatic carbocycles. The van der Waals surface area contributed by atoms with Crippen molar-refractivity contribution in [2.75, 3.05) is 5.32 Å². The third-order valence-electron chi connectivity index (χ3n) is 4.19. The minimum atomic E-state index is -0.234. The fourth-order valence-corrected chi connectivity index (χ4v) is 3.02. The number of hydrogen-bond acceptors (Lipinski definition) is 3. The van der Waals surface area contributed by atoms with Crippen molar-refractivity contribution in [2.45, 2.75) is 12.7 Å². The molecule has 0 unspecified atom stereocenters. The van der Waals surface area contributed by atoms with E-state index in [1.165, 1.54) is 0 Å². The summed E-state index contributed by atoms with van der Waals surface area (Å²) < 4.78 is 7.46. The van der Waals surface area contributed by atoms with Crippen LogP contribution in [0, 0.1) is 0 Å². The van der Waals surface area contributed by atoms with Gasteiger partial charge in [0.15, 0.2) is 0 Å². The van der Waals surface area contributed by atoms with Crippen molar-refractivity contribution in [1.82, 2.24) is 9.47 Å². The first-order chi connectivity index (χ1) is 11.2. The highest BCUT2D eigenvalue weighted by molar-refractivity contribution is 6.01. The summed E-state index contributed by atoms with van der Waals surface area (Å²) >= 11 is 0. The Labute approximate surface area is 134 Å². The number of nitrogens with zero attached hydrogens (tertiary/aromatic N) is 2. The molecule has 0 bridgehead atoms. The van der Waals surface area contributed by atoms with Gasteiger partial charge in [0.1, 0.15) is 11.9 Å². The number of nitrogens with one attached hydrogen (secondary N) is 1. The number of benzene rings is 1. The molecule has 0 spiro atoms. The highest BCUT2D eigenvalue weighted by Crippen LogP contribution is 2.34. The number of aromatic nitrogens is 1. The molecule has 1 amide bonds. The third kappa shape index (κ3) is 2.30. The Morgan fingerprint density at radius 1 is 1.13 bits per heavy atom. The smallest absolute Gasteiger partial charge is 0.258 e. The zero-order chi connectivity index (χ0) is 15.8. The number of rotatable bonds is 3. The van der Waals surface area contributed by atoms with Gasteiger partial charge in [0.25, 0.3) is 5.91 Å². The number of carbonyl (C=O) groups is 1. The van der Waals surface area contributed by atoms with Crippen LogP contribution in [0.3, 0.4) is 0 Å². The van der Waals surface area contributed by atoms with Crippen LogP contribution in [0.4, 0.5) is 5.69 Å². The lowest BCUT2D eigenvalue weighted by atomic mass is 10.1. The molecule has 3 heterocycles. The Morgan fingerprint density at radius 3 is 2.74 bits per heavy atom. The fourth-order valence-electron chi connectivity index (χ4n) is 3.02. The Hall–Kier alpha value is -2.95. The number of fused-ring (bicyclic) bond motifs is 1. The van der Waals surface area contributed by atoms with Crippen molar-refractivity contribution in [3.63, 3.8) is 0 Å². The molecule has 1 aliphatic heterocycles. The summed E-state index contributed by atoms with van der Waals surface area (Å²) in [5.74, 6) is 0.765. The van der Waals surface area contributed by atoms with Crippen molar-refractivity contribution in [2.24, 2.45) is 7.05 Å². The van der Waals surface area contributed by atoms with E-state index in [0.717, 1.165) is 17.1 Å². The van der Waals surface area contributed by atoms with Crippen LogP contribution in [0.2, 0.25) is 0 Å². The topological polar surface area (TPSA) is 50.4 Å². The van der Waals surface area contributed by atoms with Crippen molar-refractivity contribution < 1.29 is 9.21 Å². The van der Waals surface area contributed by atoms with Crippen LogP contribution in [0.5, 0.6) is 0 Å². The van der Waals surface area contributed by atoms with Crippen LogP contribution in [0.1, 0.15) is 28.0 Å². The number of carbonyl (C=O) groups excluding carboxylic acids is 1. The molecule has 0 radical (unpaired) electrons. The predicted octanol–water partition coefficient (Wildman–Crippen LogP) is 3.38. The summed E-state index contributed by atoms with van der Waals surface area (Å²) in [6.45, 7) is 0.420. The van der Waals surface area contributed by atoms with Crippen molar-refractivity contribution in [3.05, 3.63) is 78.0 Å². The van der Waals surface area contributed by atoms with E-state index in [2.05, 4.69) is 5.32 Å². The maximum Gasteiger partial charge on any atom is 0.258 e. The number of hydrogen-bond donors (Lipinski definition) is 1. The zero-order valence-electron chi connectivity index (χ0n) is 12.8. The molecule has 0 fully saturated rings. The van der Waals surface area contributed by atoms with Crippen LogP contribution in [0.15, 0.2) is 65.4 Å². The van der Waals surface area contributed by atoms with Crippen LogP contribution in [0.25, 0.3) is 0 Å². The summed E-state index contributed by atoms with van der Waals surface area (Å²) in [5.41, 5.74) is 2.57. The first kappa shape index (κ1) is 13.7. The highest BCUT2D eigenvalue weighted by Gasteiger charge is 2.34. The SMILES string of the molecule is Cn1cccc1[C@H]1Nc2ccccc2C(=O)N1Cc1ccco1. The Balaban J connectivity index is 1.78. The standard InChI is InChI=1S/C18H17N3O2/c1-20-10-4-9-16(20)17-19-15-8-3-2-7-14(15)18(22)21(17)12-13-6-5-11-23-13/h2-11,17,19H,12H2,1H3/t17-/m0/s1. The summed E-state index contributed by atoms with van der Waals surface area (Å²) in [4.78, 5) is 14.8. The number of amides is 1. The Morgan fingerprint density at radius 2 is 2.00 bits per heavy atom. The third-order valence-corrected chi connectivity index (χ3v) is 4.19. The van der Waals surface area contributed by atoms with Gasteiger partial charge >= 0.3 is 0 Å². The highest BCUT2D eigenvalue weighted by atomic mass is 16.3. The second-order valence-corrected chi connectivity index (χ2v) is 5.65. The maximum atomic E-state index is 13.0. The van der Waals surface area contributed by atoms with E-state index in [1.807, 2.05) is 66.3 Å². The molecule has 1 aliphatic rings. The molecule has 5 heteroatoms. The molecule has 1 N–H and O–H groups in total. The van der Waals surface area contributed by atoms with E-state index in [0.29, 0.717) is 12.1 Å². The first-order valence-corrected chi connectivity index (χ1v) is 7.54. The molecule has 116 valence electrons. The summed E-state index contributed by atoms with van der Waals surface area (Å²) in [6, 6.07) is 15.3. The summed E-state index contributed by atoms with van der Waals surface area (Å²) in [7, 11) is 1.98. The second-order valence-electron chi connectivity index (χ2n) is 5.65. The lowest BCUT2D eigenvalue weighted by Gasteiger charge is -2.37. The van der Waals surface area contributed by atoms with Crippen LogP contribution in [-0.2, 0) is 13.6 Å². The van der Waals surface area contributed by atoms with Gasteiger partial charge in [-0.2, -0.15) is 0 Å². The summed E-state index contributed by atoms with van der Waals surface area (Å²) in [6.07, 6.45) is 3.37. The van der Waals surface area contributed by atoms with Gasteiger partial charge in [0.2, 0.25) is 0 Å². The van der Waals surface area contributed by atoms with E-state index < -0.39 is 0 Å². The van der Waals surface area contributed by atoms with E-state index >= 15 is 0 Å². The van der Waals surface area contributed by atoms with Gasteiger partial charge in [0, 0.05) is 18.9 Å². The Kier molecular flexibility index (Phi) is 3.19. The molecule has 2 aromatic heterocycles. The van der Waals surface area contributed by atoms with Crippen LogP contribution >= 0.6 is 0 Å². The van der Waals surface area contributed by atoms with Gasteiger partial charge in [-0.3, -0.25) is 4.79 Å². The molecule has 0 aliphatic carbocycles. The molecule has 4 rings (SSSR count). The molecular formula is C18H17N3O2. The molecule has 0 saturated carbocycles. The van der Waals surface area contributed by atoms with Gasteiger partial charge in [-0.1, -0.05) is 12.1 Å². The van der Waals surface area contributed by atoms with Crippen molar-refractivity contribution >= 4 is 11.6 Å². The minimum Gasteiger partial charge on any atom is -0.467 e. The predicted molar refractivity (Wildman–Crippen MR) is 86.8 cm³/mol. The molecular weight excluding hydrogens is 290 g/mol. The lowest BCUT2D eigenvalue weighted by molar-refractivity contribution is 0.0645. The average Bonchev–Trinajstić information content (AvgIpc) is 3.22. The number of anilines is 1. The van der Waals surface area contributed by atoms with Gasteiger partial charge in [0.05, 0.1) is 24.1 Å². The zero-order valence-corrected chi connectivity index (χ0v) is 12.8. The monoisotopic (exact) mass is 307 g/mol. The molecule has 1 atom stereocenters. The number of furan rings is 1. The minimum absolute atomic E-state index is 0.00181. The van der Waals surface area contributed by atoms with Crippen molar-refractivity contribution in [1.29, 1.82) is 0 Å². The maximum absolute atomic E-state index is 13.0. The lowest BCUT2D eigenvalue weighted by Crippen LogP contribution is -2.43. The molecule has 23 heavy (non-hydrogen) atoms. The Bertz CT molecular complexity index is 836. The number of para-hydroxylation sites is 1. The fraction of sp³-hybridized carbons (Fsp3) is 0.167. The van der Waals surface area contributed by atoms with E-state index in [9.17, 15) is 4.79 Å². The second kappa shape index (κ2) is 5.35. The quantitative estimate of drug-likeness (QED) is 0.807. The largest absolute Gasteiger partial charge is 0.467 e. The van der Waals surface area contributed by atoms with Crippen LogP contribution < -0.4 is 5.32 Å². The molecule has 0 saturated heterocycles. The van der Waals surface area contributed by atoms with Crippen LogP contribution in [-0.4, -0.2) is 15.4 Å².